The SMILES string of the molecule is CC(C)(ON)C1CCS(=O)(=O)C1. The Hall–Kier alpha value is -0.130. The first-order chi connectivity index (χ1) is 5.37. The lowest BCUT2D eigenvalue weighted by atomic mass is 9.91. The maximum atomic E-state index is 11.1. The van der Waals surface area contributed by atoms with Crippen LogP contribution >= 0.6 is 0 Å². The Kier molecular flexibility index (Phi) is 2.47. The molecule has 2 N–H and O–H groups in total. The summed E-state index contributed by atoms with van der Waals surface area (Å²) in [6, 6.07) is 0. The van der Waals surface area contributed by atoms with E-state index in [0.29, 0.717) is 6.42 Å². The predicted molar refractivity (Wildman–Crippen MR) is 46.1 cm³/mol. The van der Waals surface area contributed by atoms with Gasteiger partial charge in [-0.3, -0.25) is 4.84 Å². The highest BCUT2D eigenvalue weighted by Crippen LogP contribution is 2.30. The van der Waals surface area contributed by atoms with Gasteiger partial charge >= 0.3 is 0 Å². The van der Waals surface area contributed by atoms with Crippen molar-refractivity contribution in [3.05, 3.63) is 0 Å². The van der Waals surface area contributed by atoms with Crippen molar-refractivity contribution in [1.82, 2.24) is 0 Å². The smallest absolute Gasteiger partial charge is 0.150 e. The van der Waals surface area contributed by atoms with Crippen LogP contribution in [0.1, 0.15) is 20.3 Å². The molecule has 1 aliphatic rings. The van der Waals surface area contributed by atoms with Gasteiger partial charge in [0.2, 0.25) is 0 Å². The van der Waals surface area contributed by atoms with Crippen LogP contribution in [0.15, 0.2) is 0 Å². The van der Waals surface area contributed by atoms with E-state index in [9.17, 15) is 8.42 Å². The van der Waals surface area contributed by atoms with Crippen LogP contribution in [0.2, 0.25) is 0 Å². The molecule has 0 saturated carbocycles. The van der Waals surface area contributed by atoms with Crippen molar-refractivity contribution in [2.75, 3.05) is 11.5 Å². The number of hydrogen-bond acceptors (Lipinski definition) is 4. The highest BCUT2D eigenvalue weighted by Gasteiger charge is 2.39. The summed E-state index contributed by atoms with van der Waals surface area (Å²) in [6.07, 6.45) is 0.659. The molecule has 0 aromatic heterocycles. The average Bonchev–Trinajstić information content (AvgIpc) is 2.31. The quantitative estimate of drug-likeness (QED) is 0.631. The van der Waals surface area contributed by atoms with E-state index in [2.05, 4.69) is 0 Å². The highest BCUT2D eigenvalue weighted by molar-refractivity contribution is 7.91. The summed E-state index contributed by atoms with van der Waals surface area (Å²) in [7, 11) is -2.82. The molecule has 1 rings (SSSR count). The molecule has 0 amide bonds. The zero-order valence-electron chi connectivity index (χ0n) is 7.41. The van der Waals surface area contributed by atoms with E-state index in [1.54, 1.807) is 0 Å². The lowest BCUT2D eigenvalue weighted by molar-refractivity contribution is -0.0554. The molecule has 4 nitrogen and oxygen atoms in total. The predicted octanol–water partition coefficient (Wildman–Crippen LogP) is 0.0900. The summed E-state index contributed by atoms with van der Waals surface area (Å²) in [5.41, 5.74) is -0.524. The van der Waals surface area contributed by atoms with Crippen LogP contribution in [0.25, 0.3) is 0 Å². The van der Waals surface area contributed by atoms with E-state index in [-0.39, 0.29) is 17.4 Å². The summed E-state index contributed by atoms with van der Waals surface area (Å²) in [5.74, 6) is 5.59. The summed E-state index contributed by atoms with van der Waals surface area (Å²) in [4.78, 5) is 4.75. The molecule has 1 saturated heterocycles. The maximum absolute atomic E-state index is 11.1. The molecule has 1 atom stereocenters. The summed E-state index contributed by atoms with van der Waals surface area (Å²) >= 11 is 0. The number of nitrogens with two attached hydrogens (primary N) is 1. The van der Waals surface area contributed by atoms with E-state index in [0.717, 1.165) is 0 Å². The van der Waals surface area contributed by atoms with Gasteiger partial charge in [-0.25, -0.2) is 14.3 Å². The van der Waals surface area contributed by atoms with Crippen LogP contribution in [0.4, 0.5) is 0 Å². The van der Waals surface area contributed by atoms with Gasteiger partial charge in [-0.15, -0.1) is 0 Å². The van der Waals surface area contributed by atoms with Crippen LogP contribution in [-0.4, -0.2) is 25.5 Å². The van der Waals surface area contributed by atoms with E-state index in [4.69, 9.17) is 10.7 Å². The molecular formula is C7H15NO3S. The lowest BCUT2D eigenvalue weighted by Crippen LogP contribution is -2.37. The molecule has 1 unspecified atom stereocenters. The van der Waals surface area contributed by atoms with Crippen LogP contribution in [0.3, 0.4) is 0 Å². The third-order valence-corrected chi connectivity index (χ3v) is 4.29. The topological polar surface area (TPSA) is 69.4 Å². The van der Waals surface area contributed by atoms with Gasteiger partial charge < -0.3 is 0 Å². The minimum absolute atomic E-state index is 0.0347. The molecule has 12 heavy (non-hydrogen) atoms. The Balaban J connectivity index is 2.70. The van der Waals surface area contributed by atoms with Gasteiger partial charge in [0.25, 0.3) is 0 Å². The van der Waals surface area contributed by atoms with Crippen molar-refractivity contribution in [1.29, 1.82) is 0 Å². The summed E-state index contributed by atoms with van der Waals surface area (Å²) in [6.45, 7) is 3.64. The zero-order valence-corrected chi connectivity index (χ0v) is 8.23. The number of rotatable bonds is 2. The second-order valence-electron chi connectivity index (χ2n) is 3.82. The molecule has 0 bridgehead atoms. The molecule has 0 spiro atoms. The molecule has 0 aromatic rings. The fraction of sp³-hybridized carbons (Fsp3) is 1.00. The van der Waals surface area contributed by atoms with Crippen molar-refractivity contribution in [2.45, 2.75) is 25.9 Å². The highest BCUT2D eigenvalue weighted by atomic mass is 32.2. The molecule has 0 aromatic carbocycles. The van der Waals surface area contributed by atoms with Crippen LogP contribution in [-0.2, 0) is 14.7 Å². The fourth-order valence-electron chi connectivity index (χ4n) is 1.44. The van der Waals surface area contributed by atoms with E-state index in [1.165, 1.54) is 0 Å². The van der Waals surface area contributed by atoms with E-state index in [1.807, 2.05) is 13.8 Å². The molecule has 5 heteroatoms. The van der Waals surface area contributed by atoms with Crippen molar-refractivity contribution in [2.24, 2.45) is 11.8 Å². The second-order valence-corrected chi connectivity index (χ2v) is 6.05. The number of hydrogen-bond donors (Lipinski definition) is 1. The van der Waals surface area contributed by atoms with Gasteiger partial charge in [0.1, 0.15) is 0 Å². The third kappa shape index (κ3) is 1.97. The zero-order chi connectivity index (χ0) is 9.41. The van der Waals surface area contributed by atoms with E-state index >= 15 is 0 Å². The monoisotopic (exact) mass is 193 g/mol. The Labute approximate surface area is 73.0 Å². The standard InChI is InChI=1S/C7H15NO3S/c1-7(2,11-8)6-3-4-12(9,10)5-6/h6H,3-5,8H2,1-2H3. The fourth-order valence-corrected chi connectivity index (χ4v) is 3.43. The normalized spacial score (nSPS) is 29.1. The first kappa shape index (κ1) is 9.95. The summed E-state index contributed by atoms with van der Waals surface area (Å²) in [5, 5.41) is 0. The first-order valence-electron chi connectivity index (χ1n) is 3.96. The van der Waals surface area contributed by atoms with Crippen molar-refractivity contribution in [3.8, 4) is 0 Å². The van der Waals surface area contributed by atoms with Crippen LogP contribution in [0, 0.1) is 5.92 Å². The van der Waals surface area contributed by atoms with Crippen molar-refractivity contribution >= 4 is 9.84 Å². The number of sulfone groups is 1. The maximum Gasteiger partial charge on any atom is 0.150 e. The van der Waals surface area contributed by atoms with Gasteiger partial charge in [0.15, 0.2) is 9.84 Å². The van der Waals surface area contributed by atoms with E-state index < -0.39 is 15.4 Å². The molecule has 0 aliphatic carbocycles. The Morgan fingerprint density at radius 1 is 1.50 bits per heavy atom. The van der Waals surface area contributed by atoms with Gasteiger partial charge in [-0.1, -0.05) is 0 Å². The van der Waals surface area contributed by atoms with Crippen LogP contribution < -0.4 is 5.90 Å². The minimum atomic E-state index is -2.82. The first-order valence-corrected chi connectivity index (χ1v) is 5.78. The van der Waals surface area contributed by atoms with Gasteiger partial charge in [0.05, 0.1) is 17.1 Å². The second kappa shape index (κ2) is 2.97. The Morgan fingerprint density at radius 3 is 2.42 bits per heavy atom. The van der Waals surface area contributed by atoms with Gasteiger partial charge in [0, 0.05) is 5.92 Å². The molecular weight excluding hydrogens is 178 g/mol. The molecule has 1 heterocycles. The third-order valence-electron chi connectivity index (χ3n) is 2.52. The van der Waals surface area contributed by atoms with Gasteiger partial charge in [-0.05, 0) is 20.3 Å². The molecule has 1 fully saturated rings. The lowest BCUT2D eigenvalue weighted by Gasteiger charge is -2.27. The van der Waals surface area contributed by atoms with Gasteiger partial charge in [-0.2, -0.15) is 0 Å². The Bertz CT molecular complexity index is 258. The largest absolute Gasteiger partial charge is 0.298 e. The van der Waals surface area contributed by atoms with Crippen LogP contribution in [0.5, 0.6) is 0 Å². The summed E-state index contributed by atoms with van der Waals surface area (Å²) < 4.78 is 22.2. The minimum Gasteiger partial charge on any atom is -0.298 e. The average molecular weight is 193 g/mol. The van der Waals surface area contributed by atoms with Crippen molar-refractivity contribution < 1.29 is 13.3 Å². The molecule has 0 radical (unpaired) electrons. The Morgan fingerprint density at radius 2 is 2.08 bits per heavy atom. The molecule has 72 valence electrons. The molecule has 1 aliphatic heterocycles. The van der Waals surface area contributed by atoms with Crippen molar-refractivity contribution in [3.63, 3.8) is 0 Å².